The Labute approximate surface area is 281 Å². The van der Waals surface area contributed by atoms with Crippen LogP contribution in [0.3, 0.4) is 0 Å². The van der Waals surface area contributed by atoms with Gasteiger partial charge in [-0.1, -0.05) is 101 Å². The van der Waals surface area contributed by atoms with Crippen molar-refractivity contribution in [2.45, 2.75) is 66.6 Å². The minimum Gasteiger partial charge on any atom is -0.500 e. The van der Waals surface area contributed by atoms with Crippen molar-refractivity contribution >= 4 is 35.2 Å². The molecule has 0 aliphatic heterocycles. The molecule has 0 spiro atoms. The number of halogens is 1. The Kier molecular flexibility index (Phi) is 10.6. The third kappa shape index (κ3) is 8.05. The number of rotatable bonds is 5. The van der Waals surface area contributed by atoms with Crippen LogP contribution in [0.2, 0.25) is 19.6 Å². The fourth-order valence-corrected chi connectivity index (χ4v) is 7.03. The largest absolute Gasteiger partial charge is 0.500 e. The molecule has 45 heavy (non-hydrogen) atoms. The molecule has 3 aromatic carbocycles. The van der Waals surface area contributed by atoms with Gasteiger partial charge in [-0.05, 0) is 51.8 Å². The summed E-state index contributed by atoms with van der Waals surface area (Å²) in [6.45, 7) is 18.3. The molecule has 1 radical (unpaired) electrons. The van der Waals surface area contributed by atoms with Crippen molar-refractivity contribution in [3.05, 3.63) is 114 Å². The predicted molar refractivity (Wildman–Crippen MR) is 184 cm³/mol. The van der Waals surface area contributed by atoms with Crippen molar-refractivity contribution in [2.24, 2.45) is 5.41 Å². The van der Waals surface area contributed by atoms with E-state index in [9.17, 15) is 4.39 Å². The summed E-state index contributed by atoms with van der Waals surface area (Å²) in [4.78, 5) is 9.14. The van der Waals surface area contributed by atoms with Crippen molar-refractivity contribution in [2.75, 3.05) is 0 Å². The molecule has 3 heterocycles. The molecule has 0 unspecified atom stereocenters. The van der Waals surface area contributed by atoms with Gasteiger partial charge in [-0.25, -0.2) is 0 Å². The van der Waals surface area contributed by atoms with E-state index in [-0.39, 0.29) is 31.3 Å². The molecule has 0 N–H and O–H groups in total. The van der Waals surface area contributed by atoms with Crippen LogP contribution in [0.15, 0.2) is 89.6 Å². The van der Waals surface area contributed by atoms with Crippen LogP contribution in [-0.2, 0) is 26.5 Å². The standard InChI is InChI=1S/C20H15FNO.C19H26NSi.Ir/c1-12(2)13-9-10-22-17(11-13)14-7-8-16(21)19-15-5-3-4-6-18(15)23-20(14)19;1-19(2,3)13-16-12-17(15-10-8-7-9-11-15)20-14-18(16)21(4,5)6;/h3-6,8-12H,1-2H3;7-10,12,14H,13H2,1-6H3;/q2*-1;. The van der Waals surface area contributed by atoms with E-state index in [1.165, 1.54) is 22.4 Å². The summed E-state index contributed by atoms with van der Waals surface area (Å²) in [6.07, 6.45) is 4.98. The van der Waals surface area contributed by atoms with Gasteiger partial charge in [-0.15, -0.1) is 48.0 Å². The summed E-state index contributed by atoms with van der Waals surface area (Å²) in [5.74, 6) is 0.0667. The normalized spacial score (nSPS) is 11.8. The van der Waals surface area contributed by atoms with Gasteiger partial charge in [0.05, 0.1) is 13.7 Å². The molecule has 0 saturated carbocycles. The van der Waals surface area contributed by atoms with Crippen molar-refractivity contribution in [3.63, 3.8) is 0 Å². The van der Waals surface area contributed by atoms with E-state index in [1.54, 1.807) is 6.20 Å². The molecule has 0 saturated heterocycles. The fourth-order valence-electron chi connectivity index (χ4n) is 5.45. The molecule has 3 aromatic heterocycles. The van der Waals surface area contributed by atoms with Crippen molar-refractivity contribution < 1.29 is 28.9 Å². The van der Waals surface area contributed by atoms with Crippen LogP contribution in [0.25, 0.3) is 44.5 Å². The van der Waals surface area contributed by atoms with E-state index in [1.807, 2.05) is 54.6 Å². The number of para-hydroxylation sites is 1. The molecule has 0 amide bonds. The molecule has 6 aromatic rings. The number of nitrogens with zero attached hydrogens (tertiary/aromatic N) is 2. The van der Waals surface area contributed by atoms with Crippen LogP contribution in [0.1, 0.15) is 51.7 Å². The van der Waals surface area contributed by atoms with Crippen molar-refractivity contribution in [3.8, 4) is 22.5 Å². The average Bonchev–Trinajstić information content (AvgIpc) is 3.37. The summed E-state index contributed by atoms with van der Waals surface area (Å²) >= 11 is 0. The van der Waals surface area contributed by atoms with Gasteiger partial charge < -0.3 is 14.4 Å². The van der Waals surface area contributed by atoms with Gasteiger partial charge in [0.1, 0.15) is 5.58 Å². The van der Waals surface area contributed by atoms with Crippen molar-refractivity contribution in [1.82, 2.24) is 9.97 Å². The Morgan fingerprint density at radius 3 is 2.31 bits per heavy atom. The summed E-state index contributed by atoms with van der Waals surface area (Å²) in [5, 5.41) is 2.75. The van der Waals surface area contributed by atoms with Crippen LogP contribution in [-0.4, -0.2) is 18.0 Å². The summed E-state index contributed by atoms with van der Waals surface area (Å²) in [5.41, 5.74) is 7.66. The Hall–Kier alpha value is -3.44. The Morgan fingerprint density at radius 1 is 0.911 bits per heavy atom. The first kappa shape index (κ1) is 34.4. The van der Waals surface area contributed by atoms with E-state index in [4.69, 9.17) is 9.40 Å². The number of hydrogen-bond acceptors (Lipinski definition) is 3. The first-order valence-corrected chi connectivity index (χ1v) is 18.8. The number of furan rings is 1. The SMILES string of the molecule is CC(C)(C)Cc1cc(-c2[c-]cccc2)ncc1[Si](C)(C)C.CC(C)c1ccnc(-c2[c-]cc(F)c3c2oc2ccccc23)c1.[Ir]. The molecular formula is C39H41FIrN2OSi-2. The predicted octanol–water partition coefficient (Wildman–Crippen LogP) is 10.4. The van der Waals surface area contributed by atoms with E-state index < -0.39 is 8.07 Å². The molecular weight excluding hydrogens is 752 g/mol. The number of aromatic nitrogens is 2. The van der Waals surface area contributed by atoms with E-state index in [2.05, 4.69) is 89.7 Å². The molecule has 0 aliphatic carbocycles. The molecule has 6 heteroatoms. The number of pyridine rings is 2. The van der Waals surface area contributed by atoms with E-state index in [0.29, 0.717) is 28.0 Å². The minimum atomic E-state index is -1.37. The van der Waals surface area contributed by atoms with Gasteiger partial charge in [0.15, 0.2) is 0 Å². The maximum Gasteiger partial charge on any atom is 0.121 e. The van der Waals surface area contributed by atoms with Crippen molar-refractivity contribution in [1.29, 1.82) is 0 Å². The molecule has 0 bridgehead atoms. The minimum absolute atomic E-state index is 0. The second kappa shape index (κ2) is 13.9. The van der Waals surface area contributed by atoms with Gasteiger partial charge in [0.25, 0.3) is 0 Å². The molecule has 3 nitrogen and oxygen atoms in total. The maximum atomic E-state index is 14.3. The van der Waals surface area contributed by atoms with E-state index >= 15 is 0 Å². The molecule has 0 aliphatic rings. The summed E-state index contributed by atoms with van der Waals surface area (Å²) < 4.78 is 20.2. The maximum absolute atomic E-state index is 14.3. The van der Waals surface area contributed by atoms with Gasteiger partial charge in [0, 0.05) is 43.7 Å². The van der Waals surface area contributed by atoms with Crippen LogP contribution in [0, 0.1) is 23.4 Å². The second-order valence-corrected chi connectivity index (χ2v) is 19.0. The van der Waals surface area contributed by atoms with Gasteiger partial charge in [-0.3, -0.25) is 4.39 Å². The van der Waals surface area contributed by atoms with Gasteiger partial charge in [0.2, 0.25) is 0 Å². The number of hydrogen-bond donors (Lipinski definition) is 0. The summed E-state index contributed by atoms with van der Waals surface area (Å²) in [6, 6.07) is 29.5. The average molecular weight is 793 g/mol. The van der Waals surface area contributed by atoms with Crippen LogP contribution in [0.4, 0.5) is 4.39 Å². The van der Waals surface area contributed by atoms with Gasteiger partial charge in [-0.2, -0.15) is 0 Å². The molecule has 235 valence electrons. The quantitative estimate of drug-likeness (QED) is 0.129. The third-order valence-electron chi connectivity index (χ3n) is 7.61. The Morgan fingerprint density at radius 2 is 1.64 bits per heavy atom. The number of fused-ring (bicyclic) bond motifs is 3. The monoisotopic (exact) mass is 793 g/mol. The first-order valence-electron chi connectivity index (χ1n) is 15.3. The zero-order valence-corrected chi connectivity index (χ0v) is 30.8. The number of benzene rings is 3. The fraction of sp³-hybridized carbons (Fsp3) is 0.282. The Bertz CT molecular complexity index is 1900. The van der Waals surface area contributed by atoms with E-state index in [0.717, 1.165) is 28.8 Å². The van der Waals surface area contributed by atoms with Crippen LogP contribution < -0.4 is 5.19 Å². The topological polar surface area (TPSA) is 38.9 Å². The Balaban J connectivity index is 0.000000201. The molecule has 0 atom stereocenters. The molecule has 6 rings (SSSR count). The summed E-state index contributed by atoms with van der Waals surface area (Å²) in [7, 11) is -1.37. The zero-order valence-electron chi connectivity index (χ0n) is 27.4. The first-order chi connectivity index (χ1) is 20.8. The zero-order chi connectivity index (χ0) is 31.6. The van der Waals surface area contributed by atoms with Gasteiger partial charge >= 0.3 is 0 Å². The smallest absolute Gasteiger partial charge is 0.121 e. The third-order valence-corrected chi connectivity index (χ3v) is 9.68. The van der Waals surface area contributed by atoms with Crippen LogP contribution in [0.5, 0.6) is 0 Å². The second-order valence-electron chi connectivity index (χ2n) is 13.9. The molecule has 0 fully saturated rings. The van der Waals surface area contributed by atoms with Crippen LogP contribution >= 0.6 is 0 Å².